The lowest BCUT2D eigenvalue weighted by molar-refractivity contribution is 0.396. The largest absolute Gasteiger partial charge is 0.307 e. The van der Waals surface area contributed by atoms with Crippen LogP contribution in [0.25, 0.3) is 0 Å². The van der Waals surface area contributed by atoms with Crippen LogP contribution in [0.5, 0.6) is 0 Å². The summed E-state index contributed by atoms with van der Waals surface area (Å²) in [6.45, 7) is 6.72. The topological polar surface area (TPSA) is 12.0 Å². The fourth-order valence-electron chi connectivity index (χ4n) is 2.14. The highest BCUT2D eigenvalue weighted by Gasteiger charge is 2.13. The van der Waals surface area contributed by atoms with Crippen LogP contribution < -0.4 is 5.32 Å². The van der Waals surface area contributed by atoms with Crippen molar-refractivity contribution in [2.75, 3.05) is 0 Å². The van der Waals surface area contributed by atoms with Gasteiger partial charge in [0, 0.05) is 17.1 Å². The van der Waals surface area contributed by atoms with E-state index in [1.165, 1.54) is 31.2 Å². The molecule has 1 rings (SSSR count). The third kappa shape index (κ3) is 4.69. The Labute approximate surface area is 111 Å². The molecule has 17 heavy (non-hydrogen) atoms. The maximum atomic E-state index is 5.93. The highest BCUT2D eigenvalue weighted by atomic mass is 35.5. The third-order valence-electron chi connectivity index (χ3n) is 3.27. The van der Waals surface area contributed by atoms with Gasteiger partial charge in [-0.3, -0.25) is 0 Å². The van der Waals surface area contributed by atoms with Gasteiger partial charge in [0.05, 0.1) is 0 Å². The quantitative estimate of drug-likeness (QED) is 0.724. The summed E-state index contributed by atoms with van der Waals surface area (Å²) >= 11 is 5.93. The number of halogens is 1. The minimum absolute atomic E-state index is 0.460. The molecule has 0 spiro atoms. The number of rotatable bonds is 7. The van der Waals surface area contributed by atoms with E-state index in [-0.39, 0.29) is 0 Å². The molecule has 1 aromatic carbocycles. The summed E-state index contributed by atoms with van der Waals surface area (Å²) in [6, 6.07) is 9.31. The molecule has 0 saturated carbocycles. The molecule has 0 aliphatic heterocycles. The Morgan fingerprint density at radius 2 is 1.65 bits per heavy atom. The van der Waals surface area contributed by atoms with Crippen molar-refractivity contribution in [3.63, 3.8) is 0 Å². The van der Waals surface area contributed by atoms with Crippen molar-refractivity contribution in [1.29, 1.82) is 0 Å². The lowest BCUT2D eigenvalue weighted by atomic mass is 10.00. The Balaban J connectivity index is 2.73. The first-order chi connectivity index (χ1) is 8.21. The van der Waals surface area contributed by atoms with E-state index < -0.39 is 0 Å². The number of hydrogen-bond donors (Lipinski definition) is 1. The Kier molecular flexibility index (Phi) is 6.61. The highest BCUT2D eigenvalue weighted by molar-refractivity contribution is 6.30. The van der Waals surface area contributed by atoms with E-state index in [1.807, 2.05) is 12.1 Å². The summed E-state index contributed by atoms with van der Waals surface area (Å²) in [4.78, 5) is 0. The van der Waals surface area contributed by atoms with Crippen LogP contribution in [0, 0.1) is 0 Å². The molecule has 0 aromatic heterocycles. The Bertz CT molecular complexity index is 303. The van der Waals surface area contributed by atoms with Crippen LogP contribution in [0.3, 0.4) is 0 Å². The van der Waals surface area contributed by atoms with E-state index in [0.717, 1.165) is 5.02 Å². The standard InChI is InChI=1S/C15H24ClN/c1-4-7-15(17-14(5-2)6-3)12-8-10-13(16)11-9-12/h8-11,14-15,17H,4-7H2,1-3H3. The van der Waals surface area contributed by atoms with Gasteiger partial charge in [0.15, 0.2) is 0 Å². The zero-order chi connectivity index (χ0) is 12.7. The second-order valence-corrected chi connectivity index (χ2v) is 5.01. The maximum Gasteiger partial charge on any atom is 0.0406 e. The van der Waals surface area contributed by atoms with Gasteiger partial charge in [-0.25, -0.2) is 0 Å². The lowest BCUT2D eigenvalue weighted by Gasteiger charge is -2.24. The van der Waals surface area contributed by atoms with E-state index in [2.05, 4.69) is 38.2 Å². The van der Waals surface area contributed by atoms with Crippen LogP contribution in [-0.2, 0) is 0 Å². The van der Waals surface area contributed by atoms with E-state index in [4.69, 9.17) is 11.6 Å². The average Bonchev–Trinajstić information content (AvgIpc) is 2.35. The van der Waals surface area contributed by atoms with Crippen molar-refractivity contribution in [3.8, 4) is 0 Å². The van der Waals surface area contributed by atoms with Crippen molar-refractivity contribution < 1.29 is 0 Å². The van der Waals surface area contributed by atoms with Crippen molar-refractivity contribution in [1.82, 2.24) is 5.32 Å². The van der Waals surface area contributed by atoms with Crippen LogP contribution in [0.15, 0.2) is 24.3 Å². The maximum absolute atomic E-state index is 5.93. The molecule has 0 radical (unpaired) electrons. The van der Waals surface area contributed by atoms with Gasteiger partial charge >= 0.3 is 0 Å². The summed E-state index contributed by atoms with van der Waals surface area (Å²) in [7, 11) is 0. The molecule has 96 valence electrons. The first kappa shape index (κ1) is 14.5. The molecule has 0 aliphatic rings. The smallest absolute Gasteiger partial charge is 0.0406 e. The minimum Gasteiger partial charge on any atom is -0.307 e. The van der Waals surface area contributed by atoms with E-state index in [1.54, 1.807) is 0 Å². The van der Waals surface area contributed by atoms with E-state index >= 15 is 0 Å². The average molecular weight is 254 g/mol. The molecule has 1 atom stereocenters. The highest BCUT2D eigenvalue weighted by Crippen LogP contribution is 2.22. The van der Waals surface area contributed by atoms with Crippen LogP contribution in [0.4, 0.5) is 0 Å². The molecule has 0 heterocycles. The zero-order valence-electron chi connectivity index (χ0n) is 11.2. The van der Waals surface area contributed by atoms with Gasteiger partial charge in [0.2, 0.25) is 0 Å². The summed E-state index contributed by atoms with van der Waals surface area (Å²) in [5, 5.41) is 4.56. The van der Waals surface area contributed by atoms with Crippen LogP contribution in [0.1, 0.15) is 58.1 Å². The van der Waals surface area contributed by atoms with E-state index in [0.29, 0.717) is 12.1 Å². The van der Waals surface area contributed by atoms with Crippen molar-refractivity contribution in [3.05, 3.63) is 34.9 Å². The first-order valence-corrected chi connectivity index (χ1v) is 7.10. The van der Waals surface area contributed by atoms with Crippen LogP contribution >= 0.6 is 11.6 Å². The fourth-order valence-corrected chi connectivity index (χ4v) is 2.26. The molecule has 1 N–H and O–H groups in total. The minimum atomic E-state index is 0.460. The molecule has 1 unspecified atom stereocenters. The fraction of sp³-hybridized carbons (Fsp3) is 0.600. The number of nitrogens with one attached hydrogen (secondary N) is 1. The van der Waals surface area contributed by atoms with E-state index in [9.17, 15) is 0 Å². The predicted octanol–water partition coefficient (Wildman–Crippen LogP) is 4.96. The van der Waals surface area contributed by atoms with Gasteiger partial charge in [0.25, 0.3) is 0 Å². The van der Waals surface area contributed by atoms with Gasteiger partial charge in [-0.2, -0.15) is 0 Å². The van der Waals surface area contributed by atoms with Gasteiger partial charge in [-0.15, -0.1) is 0 Å². The Morgan fingerprint density at radius 1 is 1.06 bits per heavy atom. The first-order valence-electron chi connectivity index (χ1n) is 6.72. The van der Waals surface area contributed by atoms with Crippen molar-refractivity contribution in [2.24, 2.45) is 0 Å². The molecular weight excluding hydrogens is 230 g/mol. The summed E-state index contributed by atoms with van der Waals surface area (Å²) in [5.74, 6) is 0. The summed E-state index contributed by atoms with van der Waals surface area (Å²) in [5.41, 5.74) is 1.35. The van der Waals surface area contributed by atoms with Gasteiger partial charge in [-0.1, -0.05) is 50.9 Å². The van der Waals surface area contributed by atoms with Gasteiger partial charge < -0.3 is 5.32 Å². The number of benzene rings is 1. The second-order valence-electron chi connectivity index (χ2n) is 4.57. The number of hydrogen-bond acceptors (Lipinski definition) is 1. The van der Waals surface area contributed by atoms with Crippen LogP contribution in [-0.4, -0.2) is 6.04 Å². The van der Waals surface area contributed by atoms with Gasteiger partial charge in [-0.05, 0) is 37.0 Å². The predicted molar refractivity (Wildman–Crippen MR) is 76.6 cm³/mol. The molecule has 1 nitrogen and oxygen atoms in total. The Hall–Kier alpha value is -0.530. The summed E-state index contributed by atoms with van der Waals surface area (Å²) in [6.07, 6.45) is 4.74. The SMILES string of the molecule is CCCC(NC(CC)CC)c1ccc(Cl)cc1. The molecule has 1 aromatic rings. The summed E-state index contributed by atoms with van der Waals surface area (Å²) < 4.78 is 0. The molecule has 0 bridgehead atoms. The Morgan fingerprint density at radius 3 is 2.12 bits per heavy atom. The molecule has 0 fully saturated rings. The van der Waals surface area contributed by atoms with Crippen molar-refractivity contribution >= 4 is 11.6 Å². The molecule has 0 aliphatic carbocycles. The monoisotopic (exact) mass is 253 g/mol. The zero-order valence-corrected chi connectivity index (χ0v) is 11.9. The molecular formula is C15H24ClN. The molecule has 2 heteroatoms. The second kappa shape index (κ2) is 7.73. The van der Waals surface area contributed by atoms with Crippen LogP contribution in [0.2, 0.25) is 5.02 Å². The van der Waals surface area contributed by atoms with Gasteiger partial charge in [0.1, 0.15) is 0 Å². The normalized spacial score (nSPS) is 13.0. The molecule has 0 saturated heterocycles. The van der Waals surface area contributed by atoms with Crippen molar-refractivity contribution in [2.45, 2.75) is 58.5 Å². The third-order valence-corrected chi connectivity index (χ3v) is 3.52. The lowest BCUT2D eigenvalue weighted by Crippen LogP contribution is -2.31. The molecule has 0 amide bonds.